The number of hydrogen-bond acceptors (Lipinski definition) is 2. The predicted octanol–water partition coefficient (Wildman–Crippen LogP) is 1.73. The van der Waals surface area contributed by atoms with Crippen molar-refractivity contribution in [2.75, 3.05) is 6.54 Å². The Labute approximate surface area is 76.7 Å². The van der Waals surface area contributed by atoms with Gasteiger partial charge in [-0.1, -0.05) is 20.8 Å². The molecule has 0 saturated heterocycles. The van der Waals surface area contributed by atoms with E-state index in [1.165, 1.54) is 6.42 Å². The summed E-state index contributed by atoms with van der Waals surface area (Å²) in [4.78, 5) is 0. The van der Waals surface area contributed by atoms with E-state index in [2.05, 4.69) is 20.8 Å². The zero-order chi connectivity index (χ0) is 9.56. The fourth-order valence-corrected chi connectivity index (χ4v) is 1.56. The highest BCUT2D eigenvalue weighted by Crippen LogP contribution is 2.16. The molecule has 0 aliphatic carbocycles. The van der Waals surface area contributed by atoms with Crippen molar-refractivity contribution in [3.05, 3.63) is 0 Å². The molecular weight excluding hydrogens is 148 g/mol. The fourth-order valence-electron chi connectivity index (χ4n) is 1.56. The van der Waals surface area contributed by atoms with Gasteiger partial charge in [-0.2, -0.15) is 0 Å². The van der Waals surface area contributed by atoms with Crippen molar-refractivity contribution in [3.63, 3.8) is 0 Å². The van der Waals surface area contributed by atoms with Crippen LogP contribution in [0.1, 0.15) is 40.0 Å². The van der Waals surface area contributed by atoms with Gasteiger partial charge < -0.3 is 11.5 Å². The molecule has 0 spiro atoms. The van der Waals surface area contributed by atoms with Crippen LogP contribution in [0.15, 0.2) is 0 Å². The molecule has 0 bridgehead atoms. The summed E-state index contributed by atoms with van der Waals surface area (Å²) in [6.07, 6.45) is 3.44. The maximum atomic E-state index is 5.86. The lowest BCUT2D eigenvalue weighted by Gasteiger charge is -2.18. The Morgan fingerprint density at radius 3 is 2.08 bits per heavy atom. The molecule has 4 N–H and O–H groups in total. The van der Waals surface area contributed by atoms with Gasteiger partial charge in [-0.05, 0) is 37.6 Å². The zero-order valence-corrected chi connectivity index (χ0v) is 8.72. The largest absolute Gasteiger partial charge is 0.330 e. The van der Waals surface area contributed by atoms with Crippen molar-refractivity contribution in [1.29, 1.82) is 0 Å². The average Bonchev–Trinajstić information content (AvgIpc) is 2.03. The number of hydrogen-bond donors (Lipinski definition) is 2. The molecule has 3 atom stereocenters. The monoisotopic (exact) mass is 172 g/mol. The second kappa shape index (κ2) is 6.44. The van der Waals surface area contributed by atoms with E-state index in [9.17, 15) is 0 Å². The van der Waals surface area contributed by atoms with Gasteiger partial charge >= 0.3 is 0 Å². The maximum Gasteiger partial charge on any atom is 0.00387 e. The zero-order valence-electron chi connectivity index (χ0n) is 8.72. The molecule has 0 aromatic heterocycles. The maximum absolute atomic E-state index is 5.86. The summed E-state index contributed by atoms with van der Waals surface area (Å²) in [5.41, 5.74) is 11.4. The molecule has 2 heteroatoms. The van der Waals surface area contributed by atoms with Crippen LogP contribution in [0.2, 0.25) is 0 Å². The first kappa shape index (κ1) is 11.9. The van der Waals surface area contributed by atoms with Crippen LogP contribution in [0.3, 0.4) is 0 Å². The van der Waals surface area contributed by atoms with Gasteiger partial charge in [0, 0.05) is 6.04 Å². The molecule has 2 nitrogen and oxygen atoms in total. The predicted molar refractivity (Wildman–Crippen MR) is 54.9 cm³/mol. The molecule has 0 heterocycles. The van der Waals surface area contributed by atoms with E-state index in [4.69, 9.17) is 11.5 Å². The second-order valence-corrected chi connectivity index (χ2v) is 4.09. The van der Waals surface area contributed by atoms with E-state index >= 15 is 0 Å². The molecule has 12 heavy (non-hydrogen) atoms. The van der Waals surface area contributed by atoms with Crippen LogP contribution in [0.4, 0.5) is 0 Å². The van der Waals surface area contributed by atoms with Crippen LogP contribution in [0.25, 0.3) is 0 Å². The van der Waals surface area contributed by atoms with E-state index in [1.807, 2.05) is 0 Å². The van der Waals surface area contributed by atoms with E-state index in [0.717, 1.165) is 25.3 Å². The smallest absolute Gasteiger partial charge is 0.00387 e. The van der Waals surface area contributed by atoms with Crippen molar-refractivity contribution >= 4 is 0 Å². The highest BCUT2D eigenvalue weighted by molar-refractivity contribution is 4.66. The Balaban J connectivity index is 3.51. The molecule has 0 aliphatic heterocycles. The Morgan fingerprint density at radius 1 is 1.08 bits per heavy atom. The van der Waals surface area contributed by atoms with Gasteiger partial charge in [0.2, 0.25) is 0 Å². The summed E-state index contributed by atoms with van der Waals surface area (Å²) < 4.78 is 0. The SMILES string of the molecule is CCC(N)CC(C)CC(C)CN. The van der Waals surface area contributed by atoms with Crippen molar-refractivity contribution < 1.29 is 0 Å². The van der Waals surface area contributed by atoms with Crippen molar-refractivity contribution in [1.82, 2.24) is 0 Å². The summed E-state index contributed by atoms with van der Waals surface area (Å²) >= 11 is 0. The Morgan fingerprint density at radius 2 is 1.67 bits per heavy atom. The summed E-state index contributed by atoms with van der Waals surface area (Å²) in [5.74, 6) is 1.36. The fraction of sp³-hybridized carbons (Fsp3) is 1.00. The molecule has 3 unspecified atom stereocenters. The summed E-state index contributed by atoms with van der Waals surface area (Å²) in [6.45, 7) is 7.41. The molecule has 0 radical (unpaired) electrons. The first-order valence-electron chi connectivity index (χ1n) is 5.05. The third kappa shape index (κ3) is 5.56. The van der Waals surface area contributed by atoms with E-state index in [-0.39, 0.29) is 0 Å². The van der Waals surface area contributed by atoms with Crippen LogP contribution < -0.4 is 11.5 Å². The van der Waals surface area contributed by atoms with Gasteiger partial charge in [-0.15, -0.1) is 0 Å². The molecule has 0 saturated carbocycles. The molecule has 0 fully saturated rings. The van der Waals surface area contributed by atoms with Gasteiger partial charge in [0.05, 0.1) is 0 Å². The highest BCUT2D eigenvalue weighted by Gasteiger charge is 2.10. The summed E-state index contributed by atoms with van der Waals surface area (Å²) in [6, 6.07) is 0.380. The van der Waals surface area contributed by atoms with E-state index in [1.54, 1.807) is 0 Å². The third-order valence-corrected chi connectivity index (χ3v) is 2.44. The molecule has 0 aliphatic rings. The summed E-state index contributed by atoms with van der Waals surface area (Å²) in [7, 11) is 0. The first-order valence-corrected chi connectivity index (χ1v) is 5.05. The topological polar surface area (TPSA) is 52.0 Å². The van der Waals surface area contributed by atoms with Gasteiger partial charge in [0.15, 0.2) is 0 Å². The van der Waals surface area contributed by atoms with Gasteiger partial charge in [0.1, 0.15) is 0 Å². The number of rotatable bonds is 6. The first-order chi connectivity index (χ1) is 5.60. The quantitative estimate of drug-likeness (QED) is 0.641. The molecule has 0 amide bonds. The normalized spacial score (nSPS) is 18.8. The van der Waals surface area contributed by atoms with Gasteiger partial charge in [0.25, 0.3) is 0 Å². The lowest BCUT2D eigenvalue weighted by molar-refractivity contribution is 0.370. The average molecular weight is 172 g/mol. The summed E-state index contributed by atoms with van der Waals surface area (Å²) in [5, 5.41) is 0. The third-order valence-electron chi connectivity index (χ3n) is 2.44. The minimum absolute atomic E-state index is 0.380. The minimum atomic E-state index is 0.380. The standard InChI is InChI=1S/C10H24N2/c1-4-10(12)6-8(2)5-9(3)7-11/h8-10H,4-7,11-12H2,1-3H3. The van der Waals surface area contributed by atoms with E-state index in [0.29, 0.717) is 12.0 Å². The lowest BCUT2D eigenvalue weighted by atomic mass is 9.91. The van der Waals surface area contributed by atoms with E-state index < -0.39 is 0 Å². The van der Waals surface area contributed by atoms with Crippen LogP contribution >= 0.6 is 0 Å². The van der Waals surface area contributed by atoms with Gasteiger partial charge in [-0.25, -0.2) is 0 Å². The van der Waals surface area contributed by atoms with Crippen molar-refractivity contribution in [2.45, 2.75) is 46.1 Å². The molecule has 74 valence electrons. The molecule has 0 aromatic rings. The molecule has 0 rings (SSSR count). The molecule has 0 aromatic carbocycles. The van der Waals surface area contributed by atoms with Crippen LogP contribution in [-0.4, -0.2) is 12.6 Å². The minimum Gasteiger partial charge on any atom is -0.330 e. The Bertz CT molecular complexity index is 92.0. The van der Waals surface area contributed by atoms with Crippen LogP contribution in [0.5, 0.6) is 0 Å². The van der Waals surface area contributed by atoms with Crippen molar-refractivity contribution in [2.24, 2.45) is 23.3 Å². The Kier molecular flexibility index (Phi) is 6.39. The Hall–Kier alpha value is -0.0800. The molecular formula is C10H24N2. The van der Waals surface area contributed by atoms with Crippen LogP contribution in [0, 0.1) is 11.8 Å². The lowest BCUT2D eigenvalue weighted by Crippen LogP contribution is -2.23. The van der Waals surface area contributed by atoms with Crippen molar-refractivity contribution in [3.8, 4) is 0 Å². The highest BCUT2D eigenvalue weighted by atomic mass is 14.6. The van der Waals surface area contributed by atoms with Crippen LogP contribution in [-0.2, 0) is 0 Å². The number of nitrogens with two attached hydrogens (primary N) is 2. The van der Waals surface area contributed by atoms with Gasteiger partial charge in [-0.3, -0.25) is 0 Å². The second-order valence-electron chi connectivity index (χ2n) is 4.09.